The average Bonchev–Trinajstić information content (AvgIpc) is 3.08. The number of ether oxygens (including phenoxy) is 2. The van der Waals surface area contributed by atoms with Gasteiger partial charge in [-0.05, 0) is 44.6 Å². The molecule has 0 bridgehead atoms. The highest BCUT2D eigenvalue weighted by Gasteiger charge is 2.15. The maximum absolute atomic E-state index is 5.77. The second-order valence-electron chi connectivity index (χ2n) is 6.24. The quantitative estimate of drug-likeness (QED) is 0.352. The van der Waals surface area contributed by atoms with Gasteiger partial charge >= 0.3 is 0 Å². The third-order valence-corrected chi connectivity index (χ3v) is 3.91. The second-order valence-corrected chi connectivity index (χ2v) is 6.24. The zero-order valence-corrected chi connectivity index (χ0v) is 17.8. The Hall–Kier alpha value is -1.06. The second kappa shape index (κ2) is 12.3. The molecule has 2 N–H and O–H groups in total. The normalized spacial score (nSPS) is 17.3. The van der Waals surface area contributed by atoms with Crippen LogP contribution < -0.4 is 15.4 Å². The number of benzene rings is 1. The molecule has 0 aliphatic carbocycles. The fourth-order valence-corrected chi connectivity index (χ4v) is 2.51. The third-order valence-electron chi connectivity index (χ3n) is 3.91. The first-order chi connectivity index (χ1) is 11.7. The van der Waals surface area contributed by atoms with Gasteiger partial charge in [-0.3, -0.25) is 4.99 Å². The summed E-state index contributed by atoms with van der Waals surface area (Å²) in [5, 5.41) is 6.65. The molecule has 0 spiro atoms. The van der Waals surface area contributed by atoms with Crippen LogP contribution in [0.2, 0.25) is 0 Å². The topological polar surface area (TPSA) is 58.1 Å². The van der Waals surface area contributed by atoms with E-state index in [1.165, 1.54) is 0 Å². The Morgan fingerprint density at radius 1 is 1.36 bits per heavy atom. The molecular weight excluding hydrogens is 431 g/mol. The van der Waals surface area contributed by atoms with Crippen LogP contribution >= 0.6 is 24.0 Å². The highest BCUT2D eigenvalue weighted by molar-refractivity contribution is 14.0. The Morgan fingerprint density at radius 3 is 2.88 bits per heavy atom. The van der Waals surface area contributed by atoms with Gasteiger partial charge in [0.2, 0.25) is 0 Å². The average molecular weight is 462 g/mol. The number of likely N-dealkylation sites (N-methyl/N-ethyl adjacent to an activating group) is 1. The smallest absolute Gasteiger partial charge is 0.191 e. The van der Waals surface area contributed by atoms with Gasteiger partial charge in [0.05, 0.1) is 6.10 Å². The van der Waals surface area contributed by atoms with Crippen molar-refractivity contribution in [1.29, 1.82) is 0 Å². The Labute approximate surface area is 168 Å². The van der Waals surface area contributed by atoms with Crippen molar-refractivity contribution in [3.05, 3.63) is 29.8 Å². The summed E-state index contributed by atoms with van der Waals surface area (Å²) in [7, 11) is 5.86. The summed E-state index contributed by atoms with van der Waals surface area (Å²) < 4.78 is 11.4. The molecule has 1 aliphatic heterocycles. The van der Waals surface area contributed by atoms with Crippen molar-refractivity contribution in [3.8, 4) is 5.75 Å². The first kappa shape index (κ1) is 22.0. The lowest BCUT2D eigenvalue weighted by Gasteiger charge is -2.15. The van der Waals surface area contributed by atoms with Crippen molar-refractivity contribution in [2.24, 2.45) is 4.99 Å². The maximum Gasteiger partial charge on any atom is 0.191 e. The van der Waals surface area contributed by atoms with Crippen LogP contribution in [0.5, 0.6) is 5.75 Å². The van der Waals surface area contributed by atoms with Crippen LogP contribution in [0.4, 0.5) is 0 Å². The number of rotatable bonds is 8. The zero-order valence-electron chi connectivity index (χ0n) is 15.5. The number of hydrogen-bond donors (Lipinski definition) is 2. The lowest BCUT2D eigenvalue weighted by Crippen LogP contribution is -2.40. The molecule has 1 atom stereocenters. The molecule has 25 heavy (non-hydrogen) atoms. The van der Waals surface area contributed by atoms with E-state index in [1.807, 2.05) is 26.2 Å². The maximum atomic E-state index is 5.77. The van der Waals surface area contributed by atoms with Crippen LogP contribution in [0.1, 0.15) is 18.4 Å². The van der Waals surface area contributed by atoms with E-state index >= 15 is 0 Å². The van der Waals surface area contributed by atoms with Crippen molar-refractivity contribution >= 4 is 29.9 Å². The lowest BCUT2D eigenvalue weighted by molar-refractivity contribution is 0.114. The molecule has 0 radical (unpaired) electrons. The predicted molar refractivity (Wildman–Crippen MR) is 113 cm³/mol. The van der Waals surface area contributed by atoms with Gasteiger partial charge in [0.25, 0.3) is 0 Å². The SMILES string of the molecule is CN=C(NCc1cccc(OCCN(C)C)c1)NCC1CCCO1.I. The van der Waals surface area contributed by atoms with Crippen LogP contribution in [0.15, 0.2) is 29.3 Å². The molecule has 0 amide bonds. The summed E-state index contributed by atoms with van der Waals surface area (Å²) in [6, 6.07) is 8.16. The molecule has 6 nitrogen and oxygen atoms in total. The first-order valence-electron chi connectivity index (χ1n) is 8.60. The minimum absolute atomic E-state index is 0. The van der Waals surface area contributed by atoms with E-state index in [9.17, 15) is 0 Å². The summed E-state index contributed by atoms with van der Waals surface area (Å²) in [4.78, 5) is 6.36. The van der Waals surface area contributed by atoms with Gasteiger partial charge < -0.3 is 25.0 Å². The van der Waals surface area contributed by atoms with E-state index in [4.69, 9.17) is 9.47 Å². The van der Waals surface area contributed by atoms with Crippen LogP contribution in [0.3, 0.4) is 0 Å². The van der Waals surface area contributed by atoms with Crippen molar-refractivity contribution < 1.29 is 9.47 Å². The van der Waals surface area contributed by atoms with E-state index in [-0.39, 0.29) is 24.0 Å². The molecule has 1 aliphatic rings. The summed E-state index contributed by atoms with van der Waals surface area (Å²) in [6.45, 7) is 3.97. The Bertz CT molecular complexity index is 520. The number of aliphatic imine (C=N–C) groups is 1. The van der Waals surface area contributed by atoms with Crippen LogP contribution in [-0.4, -0.2) is 64.4 Å². The number of hydrogen-bond acceptors (Lipinski definition) is 4. The number of halogens is 1. The molecule has 1 unspecified atom stereocenters. The van der Waals surface area contributed by atoms with Crippen LogP contribution in [-0.2, 0) is 11.3 Å². The standard InChI is InChI=1S/C18H30N4O2.HI/c1-19-18(21-14-17-8-5-10-23-17)20-13-15-6-4-7-16(12-15)24-11-9-22(2)3;/h4,6-7,12,17H,5,8-11,13-14H2,1-3H3,(H2,19,20,21);1H. The highest BCUT2D eigenvalue weighted by Crippen LogP contribution is 2.13. The van der Waals surface area contributed by atoms with Gasteiger partial charge in [-0.25, -0.2) is 0 Å². The minimum atomic E-state index is 0. The molecular formula is C18H31IN4O2. The van der Waals surface area contributed by atoms with E-state index in [1.54, 1.807) is 7.05 Å². The van der Waals surface area contributed by atoms with Crippen molar-refractivity contribution in [2.75, 3.05) is 47.4 Å². The molecule has 7 heteroatoms. The monoisotopic (exact) mass is 462 g/mol. The Balaban J connectivity index is 0.00000312. The third kappa shape index (κ3) is 8.73. The molecule has 142 valence electrons. The number of guanidine groups is 1. The summed E-state index contributed by atoms with van der Waals surface area (Å²) in [6.07, 6.45) is 2.58. The zero-order chi connectivity index (χ0) is 17.2. The summed E-state index contributed by atoms with van der Waals surface area (Å²) in [5.74, 6) is 1.70. The van der Waals surface area contributed by atoms with Crippen molar-refractivity contribution in [3.63, 3.8) is 0 Å². The van der Waals surface area contributed by atoms with E-state index < -0.39 is 0 Å². The molecule has 1 aromatic rings. The van der Waals surface area contributed by atoms with E-state index in [0.717, 1.165) is 49.8 Å². The van der Waals surface area contributed by atoms with Gasteiger partial charge in [0.15, 0.2) is 5.96 Å². The largest absolute Gasteiger partial charge is 0.492 e. The fraction of sp³-hybridized carbons (Fsp3) is 0.611. The molecule has 1 fully saturated rings. The van der Waals surface area contributed by atoms with Gasteiger partial charge in [-0.15, -0.1) is 24.0 Å². The first-order valence-corrected chi connectivity index (χ1v) is 8.60. The Morgan fingerprint density at radius 2 is 2.20 bits per heavy atom. The molecule has 1 heterocycles. The van der Waals surface area contributed by atoms with Gasteiger partial charge in [0.1, 0.15) is 12.4 Å². The van der Waals surface area contributed by atoms with E-state index in [0.29, 0.717) is 19.3 Å². The number of nitrogens with zero attached hydrogens (tertiary/aromatic N) is 2. The van der Waals surface area contributed by atoms with Gasteiger partial charge in [-0.1, -0.05) is 12.1 Å². The molecule has 1 aromatic carbocycles. The fourth-order valence-electron chi connectivity index (χ4n) is 2.51. The van der Waals surface area contributed by atoms with Crippen molar-refractivity contribution in [2.45, 2.75) is 25.5 Å². The predicted octanol–water partition coefficient (Wildman–Crippen LogP) is 2.09. The molecule has 1 saturated heterocycles. The summed E-state index contributed by atoms with van der Waals surface area (Å²) >= 11 is 0. The Kier molecular flexibility index (Phi) is 10.8. The van der Waals surface area contributed by atoms with Crippen molar-refractivity contribution in [1.82, 2.24) is 15.5 Å². The molecule has 0 saturated carbocycles. The molecule has 0 aromatic heterocycles. The van der Waals surface area contributed by atoms with Gasteiger partial charge in [0, 0.05) is 33.3 Å². The van der Waals surface area contributed by atoms with Crippen LogP contribution in [0.25, 0.3) is 0 Å². The molecule has 2 rings (SSSR count). The lowest BCUT2D eigenvalue weighted by atomic mass is 10.2. The highest BCUT2D eigenvalue weighted by atomic mass is 127. The number of nitrogens with one attached hydrogen (secondary N) is 2. The summed E-state index contributed by atoms with van der Waals surface area (Å²) in [5.41, 5.74) is 1.16. The minimum Gasteiger partial charge on any atom is -0.492 e. The van der Waals surface area contributed by atoms with Crippen LogP contribution in [0, 0.1) is 0 Å². The van der Waals surface area contributed by atoms with Gasteiger partial charge in [-0.2, -0.15) is 0 Å². The van der Waals surface area contributed by atoms with E-state index in [2.05, 4.69) is 32.7 Å².